The molecule has 1 heterocycles. The first-order valence-electron chi connectivity index (χ1n) is 3.13. The first-order chi connectivity index (χ1) is 5.82. The molecule has 4 nitrogen and oxygen atoms in total. The van der Waals surface area contributed by atoms with Crippen LogP contribution in [0.1, 0.15) is 0 Å². The highest BCUT2D eigenvalue weighted by Crippen LogP contribution is 2.15. The number of pyridine rings is 1. The Labute approximate surface area is 78.0 Å². The highest BCUT2D eigenvalue weighted by Gasteiger charge is 2.17. The topological polar surface area (TPSA) is 56.1 Å². The Kier molecular flexibility index (Phi) is 2.44. The van der Waals surface area contributed by atoms with E-state index in [9.17, 15) is 17.6 Å². The molecule has 0 aliphatic heterocycles. The van der Waals surface area contributed by atoms with E-state index in [1.54, 1.807) is 0 Å². The van der Waals surface area contributed by atoms with Crippen molar-refractivity contribution in [3.63, 3.8) is 0 Å². The van der Waals surface area contributed by atoms with E-state index in [4.69, 9.17) is 10.7 Å². The number of halogens is 2. The number of hydrogen-bond acceptors (Lipinski definition) is 3. The molecule has 0 amide bonds. The van der Waals surface area contributed by atoms with Crippen LogP contribution in [0.2, 0.25) is 0 Å². The lowest BCUT2D eigenvalue weighted by atomic mass is 10.4. The van der Waals surface area contributed by atoms with Crippen LogP contribution in [0.25, 0.3) is 0 Å². The van der Waals surface area contributed by atoms with Crippen molar-refractivity contribution in [1.82, 2.24) is 4.57 Å². The average molecular weight is 226 g/mol. The minimum Gasteiger partial charge on any atom is -0.316 e. The first kappa shape index (κ1) is 10.2. The van der Waals surface area contributed by atoms with Crippen molar-refractivity contribution in [1.29, 1.82) is 0 Å². The summed E-state index contributed by atoms with van der Waals surface area (Å²) >= 11 is 0. The highest BCUT2D eigenvalue weighted by molar-refractivity contribution is 8.13. The summed E-state index contributed by atoms with van der Waals surface area (Å²) in [7, 11) is 1.98. The van der Waals surface area contributed by atoms with Crippen LogP contribution in [0.15, 0.2) is 22.0 Å². The van der Waals surface area contributed by atoms with Gasteiger partial charge in [-0.2, -0.15) is 0 Å². The molecule has 0 fully saturated rings. The van der Waals surface area contributed by atoms with Crippen LogP contribution < -0.4 is 5.56 Å². The van der Waals surface area contributed by atoms with Crippen molar-refractivity contribution < 1.29 is 12.8 Å². The van der Waals surface area contributed by atoms with Gasteiger partial charge < -0.3 is 4.57 Å². The quantitative estimate of drug-likeness (QED) is 0.652. The molecule has 13 heavy (non-hydrogen) atoms. The zero-order valence-corrected chi connectivity index (χ0v) is 8.06. The van der Waals surface area contributed by atoms with E-state index in [-0.39, 0.29) is 0 Å². The minimum atomic E-state index is -4.19. The maximum absolute atomic E-state index is 12.9. The van der Waals surface area contributed by atoms with Crippen molar-refractivity contribution in [3.8, 4) is 0 Å². The van der Waals surface area contributed by atoms with E-state index >= 15 is 0 Å². The SMILES string of the molecule is Cn1cc(F)c(S(=O)(=O)Cl)cc1=O. The first-order valence-corrected chi connectivity index (χ1v) is 5.44. The largest absolute Gasteiger partial charge is 0.316 e. The predicted octanol–water partition coefficient (Wildman–Crippen LogP) is 0.452. The van der Waals surface area contributed by atoms with Crippen LogP contribution in [-0.2, 0) is 16.1 Å². The van der Waals surface area contributed by atoms with E-state index in [1.165, 1.54) is 7.05 Å². The third kappa shape index (κ3) is 2.07. The number of rotatable bonds is 1. The lowest BCUT2D eigenvalue weighted by molar-refractivity contribution is 0.559. The monoisotopic (exact) mass is 225 g/mol. The van der Waals surface area contributed by atoms with E-state index in [0.717, 1.165) is 10.8 Å². The summed E-state index contributed by atoms with van der Waals surface area (Å²) in [6.07, 6.45) is 0.762. The van der Waals surface area contributed by atoms with Gasteiger partial charge in [-0.25, -0.2) is 12.8 Å². The van der Waals surface area contributed by atoms with Crippen molar-refractivity contribution in [2.75, 3.05) is 0 Å². The van der Waals surface area contributed by atoms with E-state index in [2.05, 4.69) is 0 Å². The summed E-state index contributed by atoms with van der Waals surface area (Å²) in [4.78, 5) is 10.1. The smallest absolute Gasteiger partial charge is 0.264 e. The van der Waals surface area contributed by atoms with Crippen LogP contribution in [0.5, 0.6) is 0 Å². The number of aryl methyl sites for hydroxylation is 1. The molecule has 0 radical (unpaired) electrons. The fraction of sp³-hybridized carbons (Fsp3) is 0.167. The molecule has 1 rings (SSSR count). The summed E-state index contributed by atoms with van der Waals surface area (Å²) in [5, 5.41) is 0. The third-order valence-corrected chi connectivity index (χ3v) is 2.74. The number of nitrogens with zero attached hydrogens (tertiary/aromatic N) is 1. The molecular formula is C6H5ClFNO3S. The molecule has 1 aromatic rings. The summed E-state index contributed by atoms with van der Waals surface area (Å²) in [6.45, 7) is 0. The van der Waals surface area contributed by atoms with Gasteiger partial charge in [0.15, 0.2) is 5.82 Å². The van der Waals surface area contributed by atoms with E-state index < -0.39 is 25.3 Å². The molecule has 0 N–H and O–H groups in total. The van der Waals surface area contributed by atoms with Gasteiger partial charge in [-0.1, -0.05) is 0 Å². The van der Waals surface area contributed by atoms with E-state index in [1.807, 2.05) is 0 Å². The second kappa shape index (κ2) is 3.12. The van der Waals surface area contributed by atoms with Crippen LogP contribution in [-0.4, -0.2) is 13.0 Å². The molecule has 0 saturated carbocycles. The van der Waals surface area contributed by atoms with Gasteiger partial charge in [0.25, 0.3) is 14.6 Å². The summed E-state index contributed by atoms with van der Waals surface area (Å²) < 4.78 is 35.2. The van der Waals surface area contributed by atoms with Gasteiger partial charge in [-0.15, -0.1) is 0 Å². The second-order valence-electron chi connectivity index (χ2n) is 2.37. The normalized spacial score (nSPS) is 11.6. The maximum atomic E-state index is 12.9. The van der Waals surface area contributed by atoms with Gasteiger partial charge in [-0.05, 0) is 0 Å². The van der Waals surface area contributed by atoms with Crippen molar-refractivity contribution in [2.45, 2.75) is 4.90 Å². The summed E-state index contributed by atoms with van der Waals surface area (Å²) in [6, 6.07) is 0.637. The maximum Gasteiger partial charge on any atom is 0.264 e. The molecule has 0 bridgehead atoms. The molecular weight excluding hydrogens is 221 g/mol. The molecule has 0 saturated heterocycles. The molecule has 72 valence electrons. The van der Waals surface area contributed by atoms with Gasteiger partial charge in [-0.3, -0.25) is 4.79 Å². The molecule has 0 atom stereocenters. The standard InChI is InChI=1S/C6H5ClFNO3S/c1-9-3-4(8)5(2-6(9)10)13(7,11)12/h2-3H,1H3. The minimum absolute atomic E-state index is 0.637. The van der Waals surface area contributed by atoms with Gasteiger partial charge >= 0.3 is 0 Å². The fourth-order valence-electron chi connectivity index (χ4n) is 0.767. The Morgan fingerprint density at radius 3 is 2.54 bits per heavy atom. The Balaban J connectivity index is 3.60. The summed E-state index contributed by atoms with van der Waals surface area (Å²) in [5.41, 5.74) is -0.638. The number of aromatic nitrogens is 1. The lowest BCUT2D eigenvalue weighted by Crippen LogP contribution is -2.17. The Morgan fingerprint density at radius 2 is 2.08 bits per heavy atom. The van der Waals surface area contributed by atoms with Crippen LogP contribution in [0.4, 0.5) is 4.39 Å². The molecule has 1 aromatic heterocycles. The summed E-state index contributed by atoms with van der Waals surface area (Å²) in [5.74, 6) is -1.04. The van der Waals surface area contributed by atoms with Gasteiger partial charge in [0.1, 0.15) is 4.90 Å². The molecule has 0 unspecified atom stereocenters. The Hall–Kier alpha value is -0.880. The van der Waals surface area contributed by atoms with Gasteiger partial charge in [0, 0.05) is 30.0 Å². The van der Waals surface area contributed by atoms with Crippen LogP contribution in [0, 0.1) is 5.82 Å². The Morgan fingerprint density at radius 1 is 1.54 bits per heavy atom. The number of hydrogen-bond donors (Lipinski definition) is 0. The average Bonchev–Trinajstić information content (AvgIpc) is 1.94. The lowest BCUT2D eigenvalue weighted by Gasteiger charge is -2.00. The second-order valence-corrected chi connectivity index (χ2v) is 4.91. The molecule has 0 aromatic carbocycles. The van der Waals surface area contributed by atoms with Crippen molar-refractivity contribution >= 4 is 19.7 Å². The molecule has 0 aliphatic rings. The van der Waals surface area contributed by atoms with Crippen molar-refractivity contribution in [2.24, 2.45) is 7.05 Å². The fourth-order valence-corrected chi connectivity index (χ4v) is 1.65. The van der Waals surface area contributed by atoms with Crippen LogP contribution in [0.3, 0.4) is 0 Å². The van der Waals surface area contributed by atoms with E-state index in [0.29, 0.717) is 6.07 Å². The third-order valence-electron chi connectivity index (χ3n) is 1.41. The zero-order valence-electron chi connectivity index (χ0n) is 6.49. The Bertz CT molecular complexity index is 493. The van der Waals surface area contributed by atoms with Gasteiger partial charge in [0.05, 0.1) is 0 Å². The molecule has 7 heteroatoms. The van der Waals surface area contributed by atoms with Crippen LogP contribution >= 0.6 is 10.7 Å². The highest BCUT2D eigenvalue weighted by atomic mass is 35.7. The molecule has 0 aliphatic carbocycles. The molecule has 0 spiro atoms. The predicted molar refractivity (Wildman–Crippen MR) is 44.7 cm³/mol. The van der Waals surface area contributed by atoms with Crippen molar-refractivity contribution in [3.05, 3.63) is 28.4 Å². The zero-order chi connectivity index (χ0) is 10.2. The van der Waals surface area contributed by atoms with Gasteiger partial charge in [0.2, 0.25) is 0 Å².